The van der Waals surface area contributed by atoms with Crippen molar-refractivity contribution in [1.82, 2.24) is 5.32 Å². The van der Waals surface area contributed by atoms with Gasteiger partial charge in [0, 0.05) is 11.3 Å². The third-order valence-electron chi connectivity index (χ3n) is 4.32. The normalized spacial score (nSPS) is 11.5. The molecule has 0 bridgehead atoms. The smallest absolute Gasteiger partial charge is 0.326 e. The minimum atomic E-state index is -1.10. The molecule has 28 heavy (non-hydrogen) atoms. The van der Waals surface area contributed by atoms with Gasteiger partial charge in [0.2, 0.25) is 0 Å². The first-order valence-corrected chi connectivity index (χ1v) is 9.03. The van der Waals surface area contributed by atoms with Gasteiger partial charge < -0.3 is 15.7 Å². The molecular weight excluding hydrogens is 363 g/mol. The fourth-order valence-corrected chi connectivity index (χ4v) is 2.64. The Balaban J connectivity index is 2.18. The van der Waals surface area contributed by atoms with Crippen molar-refractivity contribution in [3.05, 3.63) is 65.0 Å². The van der Waals surface area contributed by atoms with Crippen LogP contribution in [0.1, 0.15) is 52.5 Å². The van der Waals surface area contributed by atoms with Gasteiger partial charge in [-0.2, -0.15) is 0 Å². The van der Waals surface area contributed by atoms with Crippen LogP contribution in [0, 0.1) is 12.7 Å². The zero-order chi connectivity index (χ0) is 20.7. The molecule has 0 aliphatic heterocycles. The van der Waals surface area contributed by atoms with Gasteiger partial charge in [-0.3, -0.25) is 9.59 Å². The highest BCUT2D eigenvalue weighted by molar-refractivity contribution is 6.06. The SMILES string of the molecule is CCCCC(NC(=O)c1ccc(C)c(NC(=O)c2ccccc2F)c1)C(=O)O. The van der Waals surface area contributed by atoms with Crippen LogP contribution < -0.4 is 10.6 Å². The van der Waals surface area contributed by atoms with Crippen LogP contribution in [0.15, 0.2) is 42.5 Å². The molecule has 1 unspecified atom stereocenters. The van der Waals surface area contributed by atoms with Crippen molar-refractivity contribution in [2.24, 2.45) is 0 Å². The molecule has 2 rings (SSSR count). The Bertz CT molecular complexity index is 882. The van der Waals surface area contributed by atoms with Gasteiger partial charge in [-0.15, -0.1) is 0 Å². The van der Waals surface area contributed by atoms with Gasteiger partial charge >= 0.3 is 5.97 Å². The van der Waals surface area contributed by atoms with E-state index in [-0.39, 0.29) is 11.1 Å². The first kappa shape index (κ1) is 21.1. The number of carboxylic acids is 1. The summed E-state index contributed by atoms with van der Waals surface area (Å²) in [5.41, 5.74) is 1.13. The molecule has 0 saturated carbocycles. The molecule has 0 radical (unpaired) electrons. The minimum absolute atomic E-state index is 0.109. The van der Waals surface area contributed by atoms with Crippen molar-refractivity contribution in [3.8, 4) is 0 Å². The molecule has 2 amide bonds. The van der Waals surface area contributed by atoms with Crippen molar-refractivity contribution in [1.29, 1.82) is 0 Å². The number of anilines is 1. The third kappa shape index (κ3) is 5.39. The van der Waals surface area contributed by atoms with E-state index in [1.807, 2.05) is 6.92 Å². The zero-order valence-corrected chi connectivity index (χ0v) is 15.8. The Morgan fingerprint density at radius 1 is 1.11 bits per heavy atom. The molecule has 2 aromatic rings. The number of rotatable bonds is 8. The van der Waals surface area contributed by atoms with E-state index in [4.69, 9.17) is 0 Å². The molecular formula is C21H23FN2O4. The molecule has 0 aromatic heterocycles. The van der Waals surface area contributed by atoms with Crippen LogP contribution in [0.5, 0.6) is 0 Å². The van der Waals surface area contributed by atoms with Crippen molar-refractivity contribution >= 4 is 23.5 Å². The quantitative estimate of drug-likeness (QED) is 0.644. The number of aliphatic carboxylic acids is 1. The number of nitrogens with one attached hydrogen (secondary N) is 2. The number of benzene rings is 2. The third-order valence-corrected chi connectivity index (χ3v) is 4.32. The lowest BCUT2D eigenvalue weighted by molar-refractivity contribution is -0.139. The number of aryl methyl sites for hydroxylation is 1. The lowest BCUT2D eigenvalue weighted by Gasteiger charge is -2.15. The second kappa shape index (κ2) is 9.64. The Morgan fingerprint density at radius 3 is 2.46 bits per heavy atom. The second-order valence-corrected chi connectivity index (χ2v) is 6.47. The van der Waals surface area contributed by atoms with Gasteiger partial charge in [-0.05, 0) is 43.2 Å². The van der Waals surface area contributed by atoms with E-state index in [2.05, 4.69) is 10.6 Å². The summed E-state index contributed by atoms with van der Waals surface area (Å²) < 4.78 is 13.8. The molecule has 0 spiro atoms. The van der Waals surface area contributed by atoms with Crippen molar-refractivity contribution < 1.29 is 23.9 Å². The molecule has 1 atom stereocenters. The summed E-state index contributed by atoms with van der Waals surface area (Å²) >= 11 is 0. The summed E-state index contributed by atoms with van der Waals surface area (Å²) in [6, 6.07) is 9.23. The molecule has 0 fully saturated rings. The van der Waals surface area contributed by atoms with Crippen molar-refractivity contribution in [3.63, 3.8) is 0 Å². The Hall–Kier alpha value is -3.22. The van der Waals surface area contributed by atoms with Gasteiger partial charge in [0.25, 0.3) is 11.8 Å². The van der Waals surface area contributed by atoms with E-state index in [1.165, 1.54) is 24.3 Å². The predicted octanol–water partition coefficient (Wildman–Crippen LogP) is 3.76. The largest absolute Gasteiger partial charge is 0.480 e. The van der Waals surface area contributed by atoms with Crippen molar-refractivity contribution in [2.75, 3.05) is 5.32 Å². The predicted molar refractivity (Wildman–Crippen MR) is 104 cm³/mol. The summed E-state index contributed by atoms with van der Waals surface area (Å²) in [6.07, 6.45) is 1.83. The summed E-state index contributed by atoms with van der Waals surface area (Å²) in [6.45, 7) is 3.67. The Labute approximate surface area is 162 Å². The first-order chi connectivity index (χ1) is 13.3. The maximum Gasteiger partial charge on any atom is 0.326 e. The number of carbonyl (C=O) groups is 3. The van der Waals surface area contributed by atoms with Gasteiger partial charge in [-0.25, -0.2) is 9.18 Å². The number of unbranched alkanes of at least 4 members (excludes halogenated alkanes) is 1. The van der Waals surface area contributed by atoms with Crippen LogP contribution in [0.2, 0.25) is 0 Å². The summed E-state index contributed by atoms with van der Waals surface area (Å²) in [7, 11) is 0. The number of hydrogen-bond acceptors (Lipinski definition) is 3. The van der Waals surface area contributed by atoms with Crippen LogP contribution in [-0.2, 0) is 4.79 Å². The summed E-state index contributed by atoms with van der Waals surface area (Å²) in [5, 5.41) is 14.4. The molecule has 7 heteroatoms. The van der Waals surface area contributed by atoms with Crippen LogP contribution >= 0.6 is 0 Å². The number of amides is 2. The van der Waals surface area contributed by atoms with Gasteiger partial charge in [0.1, 0.15) is 11.9 Å². The highest BCUT2D eigenvalue weighted by atomic mass is 19.1. The van der Waals surface area contributed by atoms with E-state index in [0.29, 0.717) is 24.1 Å². The van der Waals surface area contributed by atoms with E-state index in [9.17, 15) is 23.9 Å². The molecule has 148 valence electrons. The van der Waals surface area contributed by atoms with E-state index in [1.54, 1.807) is 25.1 Å². The molecule has 0 heterocycles. The number of halogens is 1. The molecule has 3 N–H and O–H groups in total. The molecule has 0 aliphatic carbocycles. The van der Waals surface area contributed by atoms with Gasteiger partial charge in [0.05, 0.1) is 5.56 Å². The molecule has 0 saturated heterocycles. The fraction of sp³-hybridized carbons (Fsp3) is 0.286. The second-order valence-electron chi connectivity index (χ2n) is 6.47. The van der Waals surface area contributed by atoms with E-state index in [0.717, 1.165) is 6.42 Å². The van der Waals surface area contributed by atoms with Crippen LogP contribution in [0.3, 0.4) is 0 Å². The van der Waals surface area contributed by atoms with E-state index < -0.39 is 29.6 Å². The lowest BCUT2D eigenvalue weighted by Crippen LogP contribution is -2.40. The Morgan fingerprint density at radius 2 is 1.82 bits per heavy atom. The number of carbonyl (C=O) groups excluding carboxylic acids is 2. The van der Waals surface area contributed by atoms with Crippen molar-refractivity contribution in [2.45, 2.75) is 39.2 Å². The van der Waals surface area contributed by atoms with Crippen LogP contribution in [0.4, 0.5) is 10.1 Å². The van der Waals surface area contributed by atoms with Crippen LogP contribution in [0.25, 0.3) is 0 Å². The fourth-order valence-electron chi connectivity index (χ4n) is 2.64. The zero-order valence-electron chi connectivity index (χ0n) is 15.8. The topological polar surface area (TPSA) is 95.5 Å². The molecule has 2 aromatic carbocycles. The minimum Gasteiger partial charge on any atom is -0.480 e. The molecule has 0 aliphatic rings. The van der Waals surface area contributed by atoms with Crippen LogP contribution in [-0.4, -0.2) is 28.9 Å². The first-order valence-electron chi connectivity index (χ1n) is 9.03. The highest BCUT2D eigenvalue weighted by Gasteiger charge is 2.21. The average molecular weight is 386 g/mol. The molecule has 6 nitrogen and oxygen atoms in total. The van der Waals surface area contributed by atoms with Gasteiger partial charge in [-0.1, -0.05) is 38.0 Å². The monoisotopic (exact) mass is 386 g/mol. The van der Waals surface area contributed by atoms with Gasteiger partial charge in [0.15, 0.2) is 0 Å². The summed E-state index contributed by atoms with van der Waals surface area (Å²) in [4.78, 5) is 36.1. The maximum absolute atomic E-state index is 13.8. The average Bonchev–Trinajstić information content (AvgIpc) is 2.66. The number of carboxylic acid groups (broad SMARTS) is 1. The standard InChI is InChI=1S/C21H23FN2O4/c1-3-4-9-17(21(27)28)23-19(25)14-11-10-13(2)18(12-14)24-20(26)15-7-5-6-8-16(15)22/h5-8,10-12,17H,3-4,9H2,1-2H3,(H,23,25)(H,24,26)(H,27,28). The highest BCUT2D eigenvalue weighted by Crippen LogP contribution is 2.19. The lowest BCUT2D eigenvalue weighted by atomic mass is 10.1. The maximum atomic E-state index is 13.8. The van der Waals surface area contributed by atoms with E-state index >= 15 is 0 Å². The number of hydrogen-bond donors (Lipinski definition) is 3. The Kier molecular flexibility index (Phi) is 7.26. The summed E-state index contributed by atoms with van der Waals surface area (Å²) in [5.74, 6) is -2.93.